The van der Waals surface area contributed by atoms with Crippen molar-refractivity contribution in [2.75, 3.05) is 0 Å². The molecule has 0 saturated carbocycles. The molecule has 3 aromatic rings. The average molecular weight is 397 g/mol. The summed E-state index contributed by atoms with van der Waals surface area (Å²) in [5.41, 5.74) is 0.887. The third-order valence-corrected chi connectivity index (χ3v) is 5.37. The van der Waals surface area contributed by atoms with Crippen LogP contribution in [0, 0.1) is 0 Å². The standard InChI is InChI=1S/C19H13ClN4O2S/c1-2-9-24-18(26)16(15-11-5-3-4-6-13(11)22-17(15)25)27-19(24)23-14-7-8-21-10-12(14)20/h2-8,10,26H,1,9H2. The molecule has 2 aromatic heterocycles. The predicted molar refractivity (Wildman–Crippen MR) is 103 cm³/mol. The van der Waals surface area contributed by atoms with Crippen molar-refractivity contribution in [2.45, 2.75) is 6.54 Å². The number of thiazole rings is 1. The van der Waals surface area contributed by atoms with Gasteiger partial charge in [-0.15, -0.1) is 6.58 Å². The Hall–Kier alpha value is -3.03. The van der Waals surface area contributed by atoms with E-state index in [1.807, 2.05) is 18.2 Å². The quantitative estimate of drug-likeness (QED) is 0.686. The predicted octanol–water partition coefficient (Wildman–Crippen LogP) is 2.08. The molecule has 0 unspecified atom stereocenters. The lowest BCUT2D eigenvalue weighted by molar-refractivity contribution is -0.112. The largest absolute Gasteiger partial charge is 0.493 e. The fraction of sp³-hybridized carbons (Fsp3) is 0.0526. The lowest BCUT2D eigenvalue weighted by Gasteiger charge is -2.02. The van der Waals surface area contributed by atoms with Gasteiger partial charge in [-0.2, -0.15) is 0 Å². The highest BCUT2D eigenvalue weighted by molar-refractivity contribution is 7.11. The smallest absolute Gasteiger partial charge is 0.279 e. The molecule has 3 heterocycles. The average Bonchev–Trinajstić information content (AvgIpc) is 3.14. The second-order valence-electron chi connectivity index (χ2n) is 5.68. The van der Waals surface area contributed by atoms with Crippen molar-refractivity contribution in [1.82, 2.24) is 9.55 Å². The number of fused-ring (bicyclic) bond motifs is 1. The van der Waals surface area contributed by atoms with Crippen LogP contribution in [0.25, 0.3) is 5.57 Å². The van der Waals surface area contributed by atoms with Crippen molar-refractivity contribution in [1.29, 1.82) is 0 Å². The van der Waals surface area contributed by atoms with Crippen LogP contribution in [-0.4, -0.2) is 20.6 Å². The molecule has 1 amide bonds. The van der Waals surface area contributed by atoms with Crippen LogP contribution in [0.15, 0.2) is 65.4 Å². The molecule has 0 radical (unpaired) electrons. The van der Waals surface area contributed by atoms with E-state index in [4.69, 9.17) is 11.6 Å². The lowest BCUT2D eigenvalue weighted by Crippen LogP contribution is -2.22. The van der Waals surface area contributed by atoms with E-state index >= 15 is 0 Å². The molecular formula is C19H13ClN4O2S. The highest BCUT2D eigenvalue weighted by Crippen LogP contribution is 2.29. The van der Waals surface area contributed by atoms with Crippen LogP contribution in [0.5, 0.6) is 5.88 Å². The van der Waals surface area contributed by atoms with E-state index in [2.05, 4.69) is 21.5 Å². The van der Waals surface area contributed by atoms with Crippen molar-refractivity contribution in [3.63, 3.8) is 0 Å². The summed E-state index contributed by atoms with van der Waals surface area (Å²) in [6.07, 6.45) is 4.72. The molecular weight excluding hydrogens is 384 g/mol. The zero-order valence-corrected chi connectivity index (χ0v) is 15.5. The fourth-order valence-corrected chi connectivity index (χ4v) is 4.05. The van der Waals surface area contributed by atoms with Crippen LogP contribution in [0.2, 0.25) is 5.02 Å². The summed E-state index contributed by atoms with van der Waals surface area (Å²) in [5.74, 6) is -0.439. The summed E-state index contributed by atoms with van der Waals surface area (Å²) in [6.45, 7) is 4.05. The zero-order valence-electron chi connectivity index (χ0n) is 14.0. The molecule has 134 valence electrons. The van der Waals surface area contributed by atoms with Gasteiger partial charge >= 0.3 is 0 Å². The van der Waals surface area contributed by atoms with Crippen LogP contribution in [0.3, 0.4) is 0 Å². The van der Waals surface area contributed by atoms with Crippen LogP contribution in [-0.2, 0) is 11.3 Å². The number of carbonyl (C=O) groups is 1. The molecule has 0 saturated heterocycles. The maximum atomic E-state index is 12.5. The van der Waals surface area contributed by atoms with Crippen molar-refractivity contribution in [3.8, 4) is 5.88 Å². The fourth-order valence-electron chi connectivity index (χ4n) is 2.79. The number of allylic oxidation sites excluding steroid dienone is 1. The van der Waals surface area contributed by atoms with Gasteiger partial charge in [-0.05, 0) is 12.1 Å². The first kappa shape index (κ1) is 17.4. The summed E-state index contributed by atoms with van der Waals surface area (Å²) >= 11 is 7.35. The minimum atomic E-state index is -0.382. The summed E-state index contributed by atoms with van der Waals surface area (Å²) in [4.78, 5) is 25.9. The van der Waals surface area contributed by atoms with Gasteiger partial charge in [0, 0.05) is 24.2 Å². The Balaban J connectivity index is 2.01. The van der Waals surface area contributed by atoms with Crippen molar-refractivity contribution in [3.05, 3.63) is 80.7 Å². The van der Waals surface area contributed by atoms with Crippen LogP contribution >= 0.6 is 22.9 Å². The van der Waals surface area contributed by atoms with Gasteiger partial charge in [0.15, 0.2) is 4.80 Å². The number of aromatic nitrogens is 2. The number of para-hydroxylation sites is 1. The van der Waals surface area contributed by atoms with Gasteiger partial charge < -0.3 is 5.11 Å². The Labute approximate surface area is 162 Å². The molecule has 27 heavy (non-hydrogen) atoms. The molecule has 1 N–H and O–H groups in total. The number of pyridine rings is 1. The maximum absolute atomic E-state index is 12.5. The van der Waals surface area contributed by atoms with E-state index in [9.17, 15) is 9.90 Å². The van der Waals surface area contributed by atoms with Gasteiger partial charge in [-0.25, -0.2) is 9.98 Å². The first-order chi connectivity index (χ1) is 13.1. The summed E-state index contributed by atoms with van der Waals surface area (Å²) in [5, 5.41) is 12.5. The molecule has 1 aliphatic heterocycles. The van der Waals surface area contributed by atoms with Gasteiger partial charge in [0.25, 0.3) is 5.91 Å². The normalized spacial score (nSPS) is 13.6. The Bertz CT molecular complexity index is 1270. The first-order valence-corrected chi connectivity index (χ1v) is 9.20. The molecule has 0 bridgehead atoms. The monoisotopic (exact) mass is 396 g/mol. The van der Waals surface area contributed by atoms with Crippen molar-refractivity contribution >= 4 is 40.1 Å². The summed E-state index contributed by atoms with van der Waals surface area (Å²) in [6, 6.07) is 8.90. The lowest BCUT2D eigenvalue weighted by atomic mass is 10.1. The van der Waals surface area contributed by atoms with Crippen LogP contribution < -0.4 is 15.4 Å². The van der Waals surface area contributed by atoms with Gasteiger partial charge in [0.1, 0.15) is 4.88 Å². The first-order valence-electron chi connectivity index (χ1n) is 8.00. The van der Waals surface area contributed by atoms with E-state index in [-0.39, 0.29) is 11.8 Å². The van der Waals surface area contributed by atoms with E-state index in [0.717, 1.165) is 0 Å². The molecule has 1 aromatic carbocycles. The number of hydrogen-bond acceptors (Lipinski definition) is 5. The van der Waals surface area contributed by atoms with E-state index < -0.39 is 0 Å². The molecule has 6 nitrogen and oxygen atoms in total. The van der Waals surface area contributed by atoms with Crippen LogP contribution in [0.1, 0.15) is 4.88 Å². The highest BCUT2D eigenvalue weighted by Gasteiger charge is 2.25. The Morgan fingerprint density at radius 2 is 2.15 bits per heavy atom. The number of carbonyl (C=O) groups excluding carboxylic acids is 1. The molecule has 8 heteroatoms. The molecule has 1 aliphatic rings. The minimum Gasteiger partial charge on any atom is -0.493 e. The Morgan fingerprint density at radius 1 is 1.33 bits per heavy atom. The number of benzene rings is 1. The number of halogens is 1. The molecule has 0 spiro atoms. The van der Waals surface area contributed by atoms with Crippen molar-refractivity contribution in [2.24, 2.45) is 9.98 Å². The number of amides is 1. The molecule has 0 atom stereocenters. The van der Waals surface area contributed by atoms with E-state index in [1.54, 1.807) is 29.0 Å². The summed E-state index contributed by atoms with van der Waals surface area (Å²) < 4.78 is 1.57. The van der Waals surface area contributed by atoms with E-state index in [1.165, 1.54) is 17.5 Å². The second kappa shape index (κ2) is 6.94. The van der Waals surface area contributed by atoms with Gasteiger partial charge in [-0.1, -0.05) is 47.2 Å². The highest BCUT2D eigenvalue weighted by atomic mass is 35.5. The molecule has 0 aliphatic carbocycles. The molecule has 4 rings (SSSR count). The maximum Gasteiger partial charge on any atom is 0.279 e. The Morgan fingerprint density at radius 3 is 2.93 bits per heavy atom. The van der Waals surface area contributed by atoms with E-state index in [0.29, 0.717) is 43.1 Å². The third kappa shape index (κ3) is 3.01. The van der Waals surface area contributed by atoms with Crippen molar-refractivity contribution < 1.29 is 9.90 Å². The zero-order chi connectivity index (χ0) is 19.0. The van der Waals surface area contributed by atoms with Crippen LogP contribution in [0.4, 0.5) is 5.69 Å². The topological polar surface area (TPSA) is 79.8 Å². The van der Waals surface area contributed by atoms with Gasteiger partial charge in [-0.3, -0.25) is 14.3 Å². The third-order valence-electron chi connectivity index (χ3n) is 4.00. The number of hydrogen-bond donors (Lipinski definition) is 1. The van der Waals surface area contributed by atoms with Gasteiger partial charge in [0.05, 0.1) is 21.6 Å². The number of nitrogens with zero attached hydrogens (tertiary/aromatic N) is 4. The van der Waals surface area contributed by atoms with Gasteiger partial charge in [0.2, 0.25) is 5.88 Å². The summed E-state index contributed by atoms with van der Waals surface area (Å²) in [7, 11) is 0. The number of aromatic hydroxyl groups is 1. The molecule has 0 fully saturated rings. The SMILES string of the molecule is C=CCn1c(O)c(C2=c3ccccc3=NC2=O)sc1=Nc1ccncc1Cl. The minimum absolute atomic E-state index is 0.0564. The second-order valence-corrected chi connectivity index (χ2v) is 7.07. The Kier molecular flexibility index (Phi) is 4.47. The number of rotatable bonds is 4.